The molecule has 0 radical (unpaired) electrons. The molecule has 0 saturated heterocycles. The second-order valence-corrected chi connectivity index (χ2v) is 3.96. The van der Waals surface area contributed by atoms with E-state index in [2.05, 4.69) is 15.5 Å². The summed E-state index contributed by atoms with van der Waals surface area (Å²) >= 11 is 0. The minimum atomic E-state index is -4.48. The van der Waals surface area contributed by atoms with Crippen molar-refractivity contribution in [3.05, 3.63) is 41.0 Å². The highest BCUT2D eigenvalue weighted by Crippen LogP contribution is 2.31. The molecule has 1 N–H and O–H groups in total. The maximum atomic E-state index is 12.5. The molecular weight excluding hydrogens is 273 g/mol. The Bertz CT molecular complexity index is 657. The zero-order valence-corrected chi connectivity index (χ0v) is 10.3. The van der Waals surface area contributed by atoms with Crippen LogP contribution in [0.25, 0.3) is 0 Å². The molecule has 0 atom stereocenters. The van der Waals surface area contributed by atoms with Crippen LogP contribution in [0.15, 0.2) is 22.7 Å². The zero-order chi connectivity index (χ0) is 14.8. The van der Waals surface area contributed by atoms with Crippen molar-refractivity contribution in [3.63, 3.8) is 0 Å². The molecule has 0 aliphatic carbocycles. The molecule has 0 bridgehead atoms. The molecule has 0 amide bonds. The third-order valence-corrected chi connectivity index (χ3v) is 2.47. The van der Waals surface area contributed by atoms with E-state index in [-0.39, 0.29) is 23.7 Å². The van der Waals surface area contributed by atoms with Crippen molar-refractivity contribution < 1.29 is 17.7 Å². The highest BCUT2D eigenvalue weighted by Gasteiger charge is 2.31. The summed E-state index contributed by atoms with van der Waals surface area (Å²) in [6.45, 7) is 1.77. The van der Waals surface area contributed by atoms with Crippen molar-refractivity contribution in [2.45, 2.75) is 19.6 Å². The van der Waals surface area contributed by atoms with Crippen LogP contribution in [0.5, 0.6) is 0 Å². The lowest BCUT2D eigenvalue weighted by atomic mass is 10.1. The minimum Gasteiger partial charge on any atom is -0.375 e. The summed E-state index contributed by atoms with van der Waals surface area (Å²) in [6.07, 6.45) is -4.48. The van der Waals surface area contributed by atoms with Crippen molar-refractivity contribution in [3.8, 4) is 6.07 Å². The van der Waals surface area contributed by atoms with E-state index in [1.54, 1.807) is 13.0 Å². The number of nitrogens with zero attached hydrogens (tertiary/aromatic N) is 3. The monoisotopic (exact) mass is 282 g/mol. The lowest BCUT2D eigenvalue weighted by molar-refractivity contribution is -0.137. The van der Waals surface area contributed by atoms with Gasteiger partial charge in [-0.15, -0.1) is 0 Å². The molecule has 1 aromatic carbocycles. The number of hydrogen-bond acceptors (Lipinski definition) is 5. The molecule has 1 aromatic heterocycles. The molecule has 0 saturated carbocycles. The first-order valence-electron chi connectivity index (χ1n) is 5.54. The molecule has 0 spiro atoms. The van der Waals surface area contributed by atoms with Gasteiger partial charge in [0.05, 0.1) is 23.4 Å². The fourth-order valence-corrected chi connectivity index (χ4v) is 1.55. The third-order valence-electron chi connectivity index (χ3n) is 2.47. The molecule has 104 valence electrons. The average Bonchev–Trinajstić information content (AvgIpc) is 2.81. The van der Waals surface area contributed by atoms with Crippen LogP contribution in [0, 0.1) is 18.3 Å². The van der Waals surface area contributed by atoms with E-state index in [0.29, 0.717) is 5.82 Å². The Hall–Kier alpha value is -2.56. The Labute approximate surface area is 112 Å². The van der Waals surface area contributed by atoms with Gasteiger partial charge >= 0.3 is 6.18 Å². The summed E-state index contributed by atoms with van der Waals surface area (Å²) in [4.78, 5) is 3.93. The maximum Gasteiger partial charge on any atom is 0.416 e. The van der Waals surface area contributed by atoms with Crippen molar-refractivity contribution >= 4 is 5.69 Å². The number of rotatable bonds is 3. The van der Waals surface area contributed by atoms with Gasteiger partial charge in [-0.2, -0.15) is 23.4 Å². The van der Waals surface area contributed by atoms with Gasteiger partial charge in [-0.05, 0) is 25.1 Å². The standard InChI is InChI=1S/C12H9F3N4O/c1-7-18-11(20-19-7)6-17-10-3-2-9(12(13,14)15)4-8(10)5-16/h2-4,17H,6H2,1H3. The van der Waals surface area contributed by atoms with Gasteiger partial charge in [0.25, 0.3) is 0 Å². The molecule has 2 aromatic rings. The van der Waals surface area contributed by atoms with Crippen LogP contribution in [-0.4, -0.2) is 10.1 Å². The van der Waals surface area contributed by atoms with E-state index in [1.165, 1.54) is 6.07 Å². The fraction of sp³-hybridized carbons (Fsp3) is 0.250. The van der Waals surface area contributed by atoms with Crippen molar-refractivity contribution in [2.75, 3.05) is 5.32 Å². The molecule has 1 heterocycles. The van der Waals surface area contributed by atoms with E-state index in [1.807, 2.05) is 0 Å². The third kappa shape index (κ3) is 3.06. The predicted octanol–water partition coefficient (Wildman–Crippen LogP) is 2.88. The number of aromatic nitrogens is 2. The van der Waals surface area contributed by atoms with Gasteiger partial charge in [0.2, 0.25) is 5.89 Å². The number of anilines is 1. The first-order chi connectivity index (χ1) is 9.40. The quantitative estimate of drug-likeness (QED) is 0.936. The first-order valence-corrected chi connectivity index (χ1v) is 5.54. The highest BCUT2D eigenvalue weighted by molar-refractivity contribution is 5.58. The lowest BCUT2D eigenvalue weighted by Crippen LogP contribution is -2.07. The summed E-state index contributed by atoms with van der Waals surface area (Å²) in [7, 11) is 0. The molecule has 0 aliphatic rings. The number of aryl methyl sites for hydroxylation is 1. The second-order valence-electron chi connectivity index (χ2n) is 3.96. The number of alkyl halides is 3. The van der Waals surface area contributed by atoms with Crippen molar-refractivity contribution in [1.29, 1.82) is 5.26 Å². The summed E-state index contributed by atoms with van der Waals surface area (Å²) in [6, 6.07) is 4.62. The van der Waals surface area contributed by atoms with Crippen LogP contribution in [0.1, 0.15) is 22.8 Å². The molecule has 0 fully saturated rings. The molecular formula is C12H9F3N4O. The van der Waals surface area contributed by atoms with E-state index < -0.39 is 11.7 Å². The zero-order valence-electron chi connectivity index (χ0n) is 10.3. The topological polar surface area (TPSA) is 74.7 Å². The Morgan fingerprint density at radius 3 is 2.70 bits per heavy atom. The molecule has 0 unspecified atom stereocenters. The summed E-state index contributed by atoms with van der Waals surface area (Å²) < 4.78 is 42.4. The molecule has 8 heteroatoms. The average molecular weight is 282 g/mol. The van der Waals surface area contributed by atoms with Gasteiger partial charge in [-0.1, -0.05) is 5.16 Å². The number of benzene rings is 1. The summed E-state index contributed by atoms with van der Waals surface area (Å²) in [5.41, 5.74) is -0.694. The van der Waals surface area contributed by atoms with Crippen molar-refractivity contribution in [2.24, 2.45) is 0 Å². The SMILES string of the molecule is Cc1noc(CNc2ccc(C(F)(F)F)cc2C#N)n1. The van der Waals surface area contributed by atoms with Gasteiger partial charge in [0.1, 0.15) is 6.07 Å². The Morgan fingerprint density at radius 2 is 2.15 bits per heavy atom. The summed E-state index contributed by atoms with van der Waals surface area (Å²) in [5, 5.41) is 15.3. The predicted molar refractivity (Wildman–Crippen MR) is 62.5 cm³/mol. The second kappa shape index (κ2) is 5.21. The van der Waals surface area contributed by atoms with Crippen LogP contribution in [0.2, 0.25) is 0 Å². The fourth-order valence-electron chi connectivity index (χ4n) is 1.55. The van der Waals surface area contributed by atoms with Crippen LogP contribution < -0.4 is 5.32 Å². The smallest absolute Gasteiger partial charge is 0.375 e. The van der Waals surface area contributed by atoms with E-state index in [9.17, 15) is 13.2 Å². The molecule has 2 rings (SSSR count). The Balaban J connectivity index is 2.18. The number of nitriles is 1. The number of hydrogen-bond donors (Lipinski definition) is 1. The first kappa shape index (κ1) is 13.9. The van der Waals surface area contributed by atoms with Crippen LogP contribution in [0.3, 0.4) is 0 Å². The number of nitrogens with one attached hydrogen (secondary N) is 1. The lowest BCUT2D eigenvalue weighted by Gasteiger charge is -2.10. The molecule has 5 nitrogen and oxygen atoms in total. The Kier molecular flexibility index (Phi) is 3.61. The van der Waals surface area contributed by atoms with Gasteiger partial charge < -0.3 is 9.84 Å². The largest absolute Gasteiger partial charge is 0.416 e. The van der Waals surface area contributed by atoms with Gasteiger partial charge in [-0.3, -0.25) is 0 Å². The van der Waals surface area contributed by atoms with Gasteiger partial charge in [-0.25, -0.2) is 0 Å². The number of halogens is 3. The maximum absolute atomic E-state index is 12.5. The van der Waals surface area contributed by atoms with Gasteiger partial charge in [0, 0.05) is 0 Å². The normalized spacial score (nSPS) is 11.2. The summed E-state index contributed by atoms with van der Waals surface area (Å²) in [5.74, 6) is 0.737. The highest BCUT2D eigenvalue weighted by atomic mass is 19.4. The van der Waals surface area contributed by atoms with Crippen LogP contribution in [-0.2, 0) is 12.7 Å². The van der Waals surface area contributed by atoms with E-state index >= 15 is 0 Å². The van der Waals surface area contributed by atoms with Crippen LogP contribution >= 0.6 is 0 Å². The van der Waals surface area contributed by atoms with Crippen molar-refractivity contribution in [1.82, 2.24) is 10.1 Å². The van der Waals surface area contributed by atoms with Gasteiger partial charge in [0.15, 0.2) is 5.82 Å². The van der Waals surface area contributed by atoms with E-state index in [0.717, 1.165) is 12.1 Å². The molecule has 0 aliphatic heterocycles. The minimum absolute atomic E-state index is 0.101. The molecule has 20 heavy (non-hydrogen) atoms. The Morgan fingerprint density at radius 1 is 1.40 bits per heavy atom. The van der Waals surface area contributed by atoms with Crippen LogP contribution in [0.4, 0.5) is 18.9 Å². The van der Waals surface area contributed by atoms with E-state index in [4.69, 9.17) is 9.78 Å².